The number of hydrogen-bond acceptors (Lipinski definition) is 6. The number of imide groups is 1. The number of ether oxygens (including phenoxy) is 2. The second-order valence-corrected chi connectivity index (χ2v) is 10.2. The van der Waals surface area contributed by atoms with Crippen LogP contribution < -0.4 is 14.8 Å². The van der Waals surface area contributed by atoms with Gasteiger partial charge in [-0.1, -0.05) is 41.9 Å². The van der Waals surface area contributed by atoms with Gasteiger partial charge in [0.05, 0.1) is 15.6 Å². The van der Waals surface area contributed by atoms with Crippen molar-refractivity contribution in [2.45, 2.75) is 6.61 Å². The number of methoxy groups -OCH3 is 1. The number of hydrogen-bond donors (Lipinski definition) is 1. The first kappa shape index (κ1) is 26.1. The third kappa shape index (κ3) is 6.40. The third-order valence-corrected chi connectivity index (χ3v) is 7.04. The average molecular weight is 635 g/mol. The quantitative estimate of drug-likeness (QED) is 0.235. The zero-order valence-electron chi connectivity index (χ0n) is 19.0. The molecule has 0 saturated carbocycles. The molecule has 1 aliphatic rings. The van der Waals surface area contributed by atoms with E-state index in [2.05, 4.69) is 27.9 Å². The Labute approximate surface area is 230 Å². The van der Waals surface area contributed by atoms with Crippen LogP contribution in [0.3, 0.4) is 0 Å². The van der Waals surface area contributed by atoms with E-state index < -0.39 is 17.1 Å². The molecule has 0 radical (unpaired) electrons. The summed E-state index contributed by atoms with van der Waals surface area (Å²) in [6, 6.07) is 19.8. The monoisotopic (exact) mass is 634 g/mol. The Morgan fingerprint density at radius 3 is 2.53 bits per heavy atom. The molecule has 0 unspecified atom stereocenters. The normalized spacial score (nSPS) is 14.3. The first-order valence-corrected chi connectivity index (χ1v) is 13.0. The number of para-hydroxylation sites is 1. The van der Waals surface area contributed by atoms with Gasteiger partial charge in [0.2, 0.25) is 5.91 Å². The molecule has 184 valence electrons. The second-order valence-electron chi connectivity index (χ2n) is 7.63. The van der Waals surface area contributed by atoms with Gasteiger partial charge in [-0.2, -0.15) is 0 Å². The number of anilines is 1. The van der Waals surface area contributed by atoms with Crippen molar-refractivity contribution in [3.05, 3.63) is 91.4 Å². The van der Waals surface area contributed by atoms with Gasteiger partial charge in [-0.05, 0) is 88.0 Å². The topological polar surface area (TPSA) is 84.9 Å². The smallest absolute Gasteiger partial charge is 0.294 e. The molecule has 7 nitrogen and oxygen atoms in total. The standard InChI is InChI=1S/C26H20ClIN2O5S/c1-34-21-12-17(11-20(28)24(21)35-15-16-7-9-18(27)10-8-16)13-22-25(32)30(26(33)36-22)14-23(31)29-19-5-3-2-4-6-19/h2-13H,14-15H2,1H3,(H,29,31)/b22-13-. The maximum atomic E-state index is 12.9. The van der Waals surface area contributed by atoms with Crippen LogP contribution in [0.1, 0.15) is 11.1 Å². The van der Waals surface area contributed by atoms with E-state index >= 15 is 0 Å². The molecular weight excluding hydrogens is 615 g/mol. The number of benzene rings is 3. The fourth-order valence-electron chi connectivity index (χ4n) is 3.35. The number of carbonyl (C=O) groups excluding carboxylic acids is 3. The number of nitrogens with zero attached hydrogens (tertiary/aromatic N) is 1. The summed E-state index contributed by atoms with van der Waals surface area (Å²) in [5, 5.41) is 2.83. The number of rotatable bonds is 8. The van der Waals surface area contributed by atoms with Crippen LogP contribution in [-0.2, 0) is 16.2 Å². The molecule has 1 heterocycles. The van der Waals surface area contributed by atoms with Crippen molar-refractivity contribution < 1.29 is 23.9 Å². The predicted molar refractivity (Wildman–Crippen MR) is 149 cm³/mol. The summed E-state index contributed by atoms with van der Waals surface area (Å²) in [7, 11) is 1.53. The lowest BCUT2D eigenvalue weighted by Gasteiger charge is -2.14. The van der Waals surface area contributed by atoms with Crippen LogP contribution in [0.15, 0.2) is 71.6 Å². The van der Waals surface area contributed by atoms with Gasteiger partial charge in [0.25, 0.3) is 11.1 Å². The van der Waals surface area contributed by atoms with Crippen molar-refractivity contribution in [2.24, 2.45) is 0 Å². The molecule has 0 atom stereocenters. The van der Waals surface area contributed by atoms with E-state index in [1.807, 2.05) is 24.3 Å². The van der Waals surface area contributed by atoms with E-state index in [1.54, 1.807) is 48.5 Å². The van der Waals surface area contributed by atoms with Crippen LogP contribution in [-0.4, -0.2) is 35.6 Å². The third-order valence-electron chi connectivity index (χ3n) is 5.08. The van der Waals surface area contributed by atoms with Crippen LogP contribution in [0.2, 0.25) is 5.02 Å². The first-order valence-electron chi connectivity index (χ1n) is 10.7. The Morgan fingerprint density at radius 1 is 1.11 bits per heavy atom. The summed E-state index contributed by atoms with van der Waals surface area (Å²) in [6.45, 7) is -0.0396. The largest absolute Gasteiger partial charge is 0.493 e. The summed E-state index contributed by atoms with van der Waals surface area (Å²) in [6.07, 6.45) is 1.60. The summed E-state index contributed by atoms with van der Waals surface area (Å²) < 4.78 is 12.3. The Hall–Kier alpha value is -3.02. The number of carbonyl (C=O) groups is 3. The molecule has 0 spiro atoms. The highest BCUT2D eigenvalue weighted by Crippen LogP contribution is 2.37. The van der Waals surface area contributed by atoms with Crippen molar-refractivity contribution >= 4 is 74.8 Å². The SMILES string of the molecule is COc1cc(/C=C2\SC(=O)N(CC(=O)Nc3ccccc3)C2=O)cc(I)c1OCc1ccc(Cl)cc1. The number of nitrogens with one attached hydrogen (secondary N) is 1. The van der Waals surface area contributed by atoms with Gasteiger partial charge in [0, 0.05) is 10.7 Å². The molecule has 4 rings (SSSR count). The van der Waals surface area contributed by atoms with Crippen LogP contribution in [0.4, 0.5) is 10.5 Å². The van der Waals surface area contributed by atoms with E-state index in [9.17, 15) is 14.4 Å². The Bertz CT molecular complexity index is 1330. The zero-order chi connectivity index (χ0) is 25.7. The molecule has 36 heavy (non-hydrogen) atoms. The highest BCUT2D eigenvalue weighted by molar-refractivity contribution is 14.1. The summed E-state index contributed by atoms with van der Waals surface area (Å²) >= 11 is 8.86. The Kier molecular flexibility index (Phi) is 8.55. The van der Waals surface area contributed by atoms with Crippen LogP contribution >= 0.6 is 46.0 Å². The van der Waals surface area contributed by atoms with Gasteiger partial charge >= 0.3 is 0 Å². The van der Waals surface area contributed by atoms with Gasteiger partial charge in [-0.3, -0.25) is 19.3 Å². The molecule has 0 aromatic heterocycles. The van der Waals surface area contributed by atoms with Gasteiger partial charge in [-0.15, -0.1) is 0 Å². The molecule has 3 aromatic rings. The van der Waals surface area contributed by atoms with Crippen molar-refractivity contribution in [1.29, 1.82) is 0 Å². The zero-order valence-corrected chi connectivity index (χ0v) is 22.7. The maximum Gasteiger partial charge on any atom is 0.294 e. The number of amides is 3. The van der Waals surface area contributed by atoms with Gasteiger partial charge in [0.15, 0.2) is 11.5 Å². The molecule has 1 N–H and O–H groups in total. The van der Waals surface area contributed by atoms with E-state index in [1.165, 1.54) is 7.11 Å². The van der Waals surface area contributed by atoms with Crippen molar-refractivity contribution in [3.8, 4) is 11.5 Å². The van der Waals surface area contributed by atoms with E-state index in [4.69, 9.17) is 21.1 Å². The minimum absolute atomic E-state index is 0.222. The highest BCUT2D eigenvalue weighted by atomic mass is 127. The molecule has 1 fully saturated rings. The van der Waals surface area contributed by atoms with E-state index in [-0.39, 0.29) is 11.4 Å². The van der Waals surface area contributed by atoms with Crippen molar-refractivity contribution in [2.75, 3.05) is 19.0 Å². The van der Waals surface area contributed by atoms with Gasteiger partial charge < -0.3 is 14.8 Å². The van der Waals surface area contributed by atoms with Gasteiger partial charge in [0.1, 0.15) is 13.2 Å². The minimum atomic E-state index is -0.523. The van der Waals surface area contributed by atoms with Crippen LogP contribution in [0.25, 0.3) is 6.08 Å². The number of halogens is 2. The molecule has 0 bridgehead atoms. The lowest BCUT2D eigenvalue weighted by molar-refractivity contribution is -0.127. The average Bonchev–Trinajstić information content (AvgIpc) is 3.12. The van der Waals surface area contributed by atoms with Gasteiger partial charge in [-0.25, -0.2) is 0 Å². The Morgan fingerprint density at radius 2 is 1.83 bits per heavy atom. The van der Waals surface area contributed by atoms with E-state index in [0.29, 0.717) is 34.4 Å². The Balaban J connectivity index is 1.47. The van der Waals surface area contributed by atoms with E-state index in [0.717, 1.165) is 25.8 Å². The molecule has 3 aromatic carbocycles. The molecule has 1 aliphatic heterocycles. The second kappa shape index (κ2) is 11.8. The summed E-state index contributed by atoms with van der Waals surface area (Å²) in [4.78, 5) is 38.8. The molecule has 10 heteroatoms. The summed E-state index contributed by atoms with van der Waals surface area (Å²) in [5.74, 6) is 0.0767. The highest BCUT2D eigenvalue weighted by Gasteiger charge is 2.36. The minimum Gasteiger partial charge on any atom is -0.493 e. The fourth-order valence-corrected chi connectivity index (χ4v) is 5.10. The van der Waals surface area contributed by atoms with Crippen molar-refractivity contribution in [3.63, 3.8) is 0 Å². The predicted octanol–water partition coefficient (Wildman–Crippen LogP) is 6.21. The lowest BCUT2D eigenvalue weighted by atomic mass is 10.1. The molecule has 1 saturated heterocycles. The van der Waals surface area contributed by atoms with Crippen molar-refractivity contribution in [1.82, 2.24) is 4.90 Å². The lowest BCUT2D eigenvalue weighted by Crippen LogP contribution is -2.36. The number of thioether (sulfide) groups is 1. The molecular formula is C26H20ClIN2O5S. The van der Waals surface area contributed by atoms with Crippen LogP contribution in [0.5, 0.6) is 11.5 Å². The van der Waals surface area contributed by atoms with Crippen LogP contribution in [0, 0.1) is 3.57 Å². The first-order chi connectivity index (χ1) is 17.3. The molecule has 3 amide bonds. The fraction of sp³-hybridized carbons (Fsp3) is 0.115. The molecule has 0 aliphatic carbocycles. The summed E-state index contributed by atoms with van der Waals surface area (Å²) in [5.41, 5.74) is 2.20. The maximum absolute atomic E-state index is 12.9.